The number of likely N-dealkylation sites (tertiary alicyclic amines) is 1. The number of hydrogen-bond donors (Lipinski definition) is 1. The van der Waals surface area contributed by atoms with Crippen molar-refractivity contribution >= 4 is 0 Å². The topological polar surface area (TPSA) is 15.3 Å². The molecular formula is C18H30N2. The first-order chi connectivity index (χ1) is 9.46. The normalized spacial score (nSPS) is 18.4. The zero-order valence-electron chi connectivity index (χ0n) is 13.8. The summed E-state index contributed by atoms with van der Waals surface area (Å²) < 4.78 is 0. The van der Waals surface area contributed by atoms with Crippen LogP contribution in [0.25, 0.3) is 0 Å². The van der Waals surface area contributed by atoms with Crippen molar-refractivity contribution in [2.75, 3.05) is 19.6 Å². The van der Waals surface area contributed by atoms with Gasteiger partial charge in [-0.15, -0.1) is 0 Å². The molecule has 0 spiro atoms. The Morgan fingerprint density at radius 1 is 1.20 bits per heavy atom. The Balaban J connectivity index is 2.36. The van der Waals surface area contributed by atoms with E-state index in [1.54, 1.807) is 0 Å². The summed E-state index contributed by atoms with van der Waals surface area (Å²) in [6, 6.07) is 7.23. The highest BCUT2D eigenvalue weighted by atomic mass is 15.2. The molecular weight excluding hydrogens is 244 g/mol. The molecule has 1 atom stereocenters. The molecule has 2 nitrogen and oxygen atoms in total. The van der Waals surface area contributed by atoms with E-state index in [1.807, 2.05) is 0 Å². The van der Waals surface area contributed by atoms with Gasteiger partial charge in [-0.05, 0) is 71.3 Å². The van der Waals surface area contributed by atoms with Crippen LogP contribution in [0.4, 0.5) is 0 Å². The minimum atomic E-state index is 0.158. The van der Waals surface area contributed by atoms with Crippen molar-refractivity contribution in [3.05, 3.63) is 34.9 Å². The maximum atomic E-state index is 3.74. The molecule has 0 aromatic heterocycles. The lowest BCUT2D eigenvalue weighted by atomic mass is 9.84. The largest absolute Gasteiger partial charge is 0.309 e. The molecule has 0 bridgehead atoms. The Morgan fingerprint density at radius 2 is 1.85 bits per heavy atom. The summed E-state index contributed by atoms with van der Waals surface area (Å²) in [6.07, 6.45) is 2.68. The van der Waals surface area contributed by atoms with Gasteiger partial charge >= 0.3 is 0 Å². The third-order valence-electron chi connectivity index (χ3n) is 4.78. The first kappa shape index (κ1) is 15.5. The van der Waals surface area contributed by atoms with Gasteiger partial charge in [0.05, 0.1) is 6.04 Å². The van der Waals surface area contributed by atoms with Crippen LogP contribution < -0.4 is 5.32 Å². The maximum absolute atomic E-state index is 3.74. The van der Waals surface area contributed by atoms with Crippen molar-refractivity contribution in [1.82, 2.24) is 10.2 Å². The van der Waals surface area contributed by atoms with Crippen molar-refractivity contribution in [3.63, 3.8) is 0 Å². The molecule has 1 aliphatic rings. The van der Waals surface area contributed by atoms with Gasteiger partial charge in [0, 0.05) is 5.54 Å². The Hall–Kier alpha value is -0.860. The SMILES string of the molecule is CCNC(c1cc(C)ccc1C)C(C)(C)N1CCCC1. The Labute approximate surface area is 124 Å². The van der Waals surface area contributed by atoms with Crippen molar-refractivity contribution in [1.29, 1.82) is 0 Å². The van der Waals surface area contributed by atoms with E-state index in [9.17, 15) is 0 Å². The van der Waals surface area contributed by atoms with Gasteiger partial charge in [0.25, 0.3) is 0 Å². The van der Waals surface area contributed by atoms with Crippen molar-refractivity contribution in [3.8, 4) is 0 Å². The van der Waals surface area contributed by atoms with Crippen LogP contribution in [0.5, 0.6) is 0 Å². The third-order valence-corrected chi connectivity index (χ3v) is 4.78. The van der Waals surface area contributed by atoms with E-state index in [1.165, 1.54) is 42.6 Å². The summed E-state index contributed by atoms with van der Waals surface area (Å²) in [4.78, 5) is 2.65. The molecule has 0 saturated carbocycles. The summed E-state index contributed by atoms with van der Waals surface area (Å²) in [5.74, 6) is 0. The van der Waals surface area contributed by atoms with Crippen molar-refractivity contribution in [2.24, 2.45) is 0 Å². The molecule has 1 aromatic carbocycles. The predicted molar refractivity (Wildman–Crippen MR) is 87.2 cm³/mol. The van der Waals surface area contributed by atoms with E-state index in [4.69, 9.17) is 0 Å². The van der Waals surface area contributed by atoms with Crippen LogP contribution in [-0.4, -0.2) is 30.1 Å². The number of nitrogens with zero attached hydrogens (tertiary/aromatic N) is 1. The van der Waals surface area contributed by atoms with Gasteiger partial charge in [-0.2, -0.15) is 0 Å². The summed E-state index contributed by atoms with van der Waals surface area (Å²) >= 11 is 0. The van der Waals surface area contributed by atoms with E-state index in [-0.39, 0.29) is 5.54 Å². The van der Waals surface area contributed by atoms with Crippen LogP contribution >= 0.6 is 0 Å². The van der Waals surface area contributed by atoms with Crippen LogP contribution in [-0.2, 0) is 0 Å². The zero-order valence-corrected chi connectivity index (χ0v) is 13.8. The lowest BCUT2D eigenvalue weighted by Gasteiger charge is -2.43. The number of hydrogen-bond acceptors (Lipinski definition) is 2. The summed E-state index contributed by atoms with van der Waals surface area (Å²) in [5, 5.41) is 3.74. The predicted octanol–water partition coefficient (Wildman–Crippen LogP) is 3.83. The number of nitrogens with one attached hydrogen (secondary N) is 1. The quantitative estimate of drug-likeness (QED) is 0.878. The minimum absolute atomic E-state index is 0.158. The van der Waals surface area contributed by atoms with Gasteiger partial charge in [0.1, 0.15) is 0 Å². The van der Waals surface area contributed by atoms with Gasteiger partial charge in [0.15, 0.2) is 0 Å². The average molecular weight is 274 g/mol. The molecule has 0 amide bonds. The second kappa shape index (κ2) is 6.28. The highest BCUT2D eigenvalue weighted by Gasteiger charge is 2.37. The molecule has 1 unspecified atom stereocenters. The number of likely N-dealkylation sites (N-methyl/N-ethyl adjacent to an activating group) is 1. The fraction of sp³-hybridized carbons (Fsp3) is 0.667. The Morgan fingerprint density at radius 3 is 2.45 bits per heavy atom. The minimum Gasteiger partial charge on any atom is -0.309 e. The monoisotopic (exact) mass is 274 g/mol. The molecule has 0 aliphatic carbocycles. The lowest BCUT2D eigenvalue weighted by molar-refractivity contribution is 0.107. The zero-order chi connectivity index (χ0) is 14.8. The summed E-state index contributed by atoms with van der Waals surface area (Å²) in [6.45, 7) is 14.9. The van der Waals surface area contributed by atoms with E-state index in [2.05, 4.69) is 63.0 Å². The lowest BCUT2D eigenvalue weighted by Crippen LogP contribution is -2.51. The van der Waals surface area contributed by atoms with E-state index >= 15 is 0 Å². The highest BCUT2D eigenvalue weighted by Crippen LogP contribution is 2.35. The number of rotatable bonds is 5. The first-order valence-corrected chi connectivity index (χ1v) is 8.02. The first-order valence-electron chi connectivity index (χ1n) is 8.02. The smallest absolute Gasteiger partial charge is 0.0504 e. The van der Waals surface area contributed by atoms with Gasteiger partial charge in [0.2, 0.25) is 0 Å². The second-order valence-corrected chi connectivity index (χ2v) is 6.70. The third kappa shape index (κ3) is 3.07. The van der Waals surface area contributed by atoms with Gasteiger partial charge < -0.3 is 5.32 Å². The van der Waals surface area contributed by atoms with Crippen LogP contribution in [0.2, 0.25) is 0 Å². The van der Waals surface area contributed by atoms with Crippen LogP contribution in [0, 0.1) is 13.8 Å². The Kier molecular flexibility index (Phi) is 4.87. The molecule has 2 rings (SSSR count). The van der Waals surface area contributed by atoms with Gasteiger partial charge in [-0.1, -0.05) is 30.7 Å². The van der Waals surface area contributed by atoms with Crippen molar-refractivity contribution in [2.45, 2.75) is 59.0 Å². The molecule has 1 saturated heterocycles. The van der Waals surface area contributed by atoms with Crippen LogP contribution in [0.15, 0.2) is 18.2 Å². The van der Waals surface area contributed by atoms with E-state index < -0.39 is 0 Å². The molecule has 1 heterocycles. The Bertz CT molecular complexity index is 445. The molecule has 0 radical (unpaired) electrons. The maximum Gasteiger partial charge on any atom is 0.0504 e. The molecule has 20 heavy (non-hydrogen) atoms. The standard InChI is InChI=1S/C18H30N2/c1-6-19-17(16-13-14(2)9-10-15(16)3)18(4,5)20-11-7-8-12-20/h9-10,13,17,19H,6-8,11-12H2,1-5H3. The highest BCUT2D eigenvalue weighted by molar-refractivity contribution is 5.35. The number of benzene rings is 1. The molecule has 1 aromatic rings. The van der Waals surface area contributed by atoms with E-state index in [0.29, 0.717) is 6.04 Å². The summed E-state index contributed by atoms with van der Waals surface area (Å²) in [7, 11) is 0. The number of aryl methyl sites for hydroxylation is 2. The average Bonchev–Trinajstić information content (AvgIpc) is 2.93. The molecule has 112 valence electrons. The van der Waals surface area contributed by atoms with Crippen molar-refractivity contribution < 1.29 is 0 Å². The van der Waals surface area contributed by atoms with E-state index in [0.717, 1.165) is 6.54 Å². The molecule has 1 N–H and O–H groups in total. The fourth-order valence-corrected chi connectivity index (χ4v) is 3.49. The molecule has 2 heteroatoms. The second-order valence-electron chi connectivity index (χ2n) is 6.70. The van der Waals surface area contributed by atoms with Crippen LogP contribution in [0.1, 0.15) is 56.3 Å². The fourth-order valence-electron chi connectivity index (χ4n) is 3.49. The molecule has 1 aliphatic heterocycles. The summed E-state index contributed by atoms with van der Waals surface area (Å²) in [5.41, 5.74) is 4.37. The van der Waals surface area contributed by atoms with Crippen LogP contribution in [0.3, 0.4) is 0 Å². The van der Waals surface area contributed by atoms with Gasteiger partial charge in [-0.3, -0.25) is 4.90 Å². The van der Waals surface area contributed by atoms with Gasteiger partial charge in [-0.25, -0.2) is 0 Å². The molecule has 1 fully saturated rings.